The Morgan fingerprint density at radius 3 is 2.92 bits per heavy atom. The van der Waals surface area contributed by atoms with Gasteiger partial charge in [-0.05, 0) is 37.1 Å². The van der Waals surface area contributed by atoms with Crippen molar-refractivity contribution in [1.29, 1.82) is 0 Å². The highest BCUT2D eigenvalue weighted by atomic mass is 16.5. The van der Waals surface area contributed by atoms with Crippen molar-refractivity contribution in [2.45, 2.75) is 25.7 Å². The van der Waals surface area contributed by atoms with Crippen LogP contribution in [0, 0.1) is 0 Å². The molecule has 0 aliphatic carbocycles. The third-order valence-corrected chi connectivity index (χ3v) is 3.67. The first-order valence-corrected chi connectivity index (χ1v) is 8.58. The summed E-state index contributed by atoms with van der Waals surface area (Å²) in [5.74, 6) is 1.52. The van der Waals surface area contributed by atoms with Crippen LogP contribution in [0.2, 0.25) is 0 Å². The van der Waals surface area contributed by atoms with Gasteiger partial charge in [-0.25, -0.2) is 0 Å². The second-order valence-corrected chi connectivity index (χ2v) is 5.71. The number of carbonyl (C=O) groups excluding carboxylic acids is 1. The van der Waals surface area contributed by atoms with Crippen LogP contribution >= 0.6 is 0 Å². The third kappa shape index (κ3) is 5.44. The van der Waals surface area contributed by atoms with Crippen LogP contribution in [-0.4, -0.2) is 34.1 Å². The lowest BCUT2D eigenvalue weighted by Gasteiger charge is -2.07. The summed E-state index contributed by atoms with van der Waals surface area (Å²) in [6, 6.07) is 7.37. The Labute approximate surface area is 151 Å². The van der Waals surface area contributed by atoms with E-state index < -0.39 is 0 Å². The van der Waals surface area contributed by atoms with Gasteiger partial charge in [-0.15, -0.1) is 0 Å². The van der Waals surface area contributed by atoms with E-state index in [1.54, 1.807) is 30.8 Å². The minimum atomic E-state index is 0.0251. The summed E-state index contributed by atoms with van der Waals surface area (Å²) in [5.41, 5.74) is 0.979. The standard InChI is InChI=1S/C18H21N5O3/c24-16(21-11-4-10-20-14-5-2-9-19-13-14)7-1-8-17-22-18(23-26-17)15-6-3-12-25-15/h2-3,5-6,9,12-13,20H,1,4,7-8,10-11H2,(H,21,24). The lowest BCUT2D eigenvalue weighted by atomic mass is 10.2. The molecule has 0 bridgehead atoms. The molecule has 0 atom stereocenters. The summed E-state index contributed by atoms with van der Waals surface area (Å²) in [5, 5.41) is 10.0. The number of carbonyl (C=O) groups is 1. The second kappa shape index (κ2) is 9.36. The van der Waals surface area contributed by atoms with Crippen LogP contribution in [0.3, 0.4) is 0 Å². The topological polar surface area (TPSA) is 106 Å². The fourth-order valence-corrected chi connectivity index (χ4v) is 2.37. The van der Waals surface area contributed by atoms with Crippen LogP contribution in [0.5, 0.6) is 0 Å². The molecule has 0 saturated carbocycles. The molecule has 0 unspecified atom stereocenters. The predicted octanol–water partition coefficient (Wildman–Crippen LogP) is 2.67. The molecule has 3 aromatic heterocycles. The fraction of sp³-hybridized carbons (Fsp3) is 0.333. The Morgan fingerprint density at radius 1 is 1.15 bits per heavy atom. The maximum Gasteiger partial charge on any atom is 0.238 e. The number of nitrogens with one attached hydrogen (secondary N) is 2. The van der Waals surface area contributed by atoms with E-state index in [2.05, 4.69) is 25.8 Å². The largest absolute Gasteiger partial charge is 0.461 e. The van der Waals surface area contributed by atoms with Crippen LogP contribution in [0.4, 0.5) is 5.69 Å². The van der Waals surface area contributed by atoms with Gasteiger partial charge in [0.15, 0.2) is 5.76 Å². The lowest BCUT2D eigenvalue weighted by molar-refractivity contribution is -0.121. The highest BCUT2D eigenvalue weighted by molar-refractivity contribution is 5.75. The summed E-state index contributed by atoms with van der Waals surface area (Å²) in [6.07, 6.45) is 7.54. The molecule has 26 heavy (non-hydrogen) atoms. The first-order chi connectivity index (χ1) is 12.8. The van der Waals surface area contributed by atoms with Crippen molar-refractivity contribution in [3.63, 3.8) is 0 Å². The molecule has 0 aromatic carbocycles. The van der Waals surface area contributed by atoms with Gasteiger partial charge in [-0.1, -0.05) is 5.16 Å². The molecule has 3 rings (SSSR count). The zero-order valence-corrected chi connectivity index (χ0v) is 14.4. The molecular formula is C18H21N5O3. The molecule has 0 spiro atoms. The maximum atomic E-state index is 11.8. The molecule has 0 aliphatic heterocycles. The summed E-state index contributed by atoms with van der Waals surface area (Å²) < 4.78 is 10.4. The van der Waals surface area contributed by atoms with Gasteiger partial charge in [0.2, 0.25) is 17.6 Å². The highest BCUT2D eigenvalue weighted by Crippen LogP contribution is 2.16. The molecule has 3 aromatic rings. The van der Waals surface area contributed by atoms with Crippen molar-refractivity contribution < 1.29 is 13.7 Å². The van der Waals surface area contributed by atoms with Gasteiger partial charge < -0.3 is 19.6 Å². The number of hydrogen-bond acceptors (Lipinski definition) is 7. The molecular weight excluding hydrogens is 334 g/mol. The van der Waals surface area contributed by atoms with E-state index in [0.717, 1.165) is 18.7 Å². The number of amides is 1. The molecule has 136 valence electrons. The van der Waals surface area contributed by atoms with E-state index in [9.17, 15) is 4.79 Å². The van der Waals surface area contributed by atoms with Gasteiger partial charge in [-0.3, -0.25) is 9.78 Å². The van der Waals surface area contributed by atoms with Crippen LogP contribution in [0.1, 0.15) is 25.2 Å². The van der Waals surface area contributed by atoms with Crippen LogP contribution < -0.4 is 10.6 Å². The number of pyridine rings is 1. The van der Waals surface area contributed by atoms with Crippen molar-refractivity contribution in [3.05, 3.63) is 48.8 Å². The summed E-state index contributed by atoms with van der Waals surface area (Å²) >= 11 is 0. The minimum Gasteiger partial charge on any atom is -0.461 e. The van der Waals surface area contributed by atoms with Crippen molar-refractivity contribution in [2.24, 2.45) is 0 Å². The van der Waals surface area contributed by atoms with Gasteiger partial charge in [0.05, 0.1) is 12.0 Å². The normalized spacial score (nSPS) is 10.6. The molecule has 0 aliphatic rings. The molecule has 8 nitrogen and oxygen atoms in total. The van der Waals surface area contributed by atoms with E-state index in [1.165, 1.54) is 0 Å². The SMILES string of the molecule is O=C(CCCc1nc(-c2ccco2)no1)NCCCNc1cccnc1. The van der Waals surface area contributed by atoms with Crippen LogP contribution in [0.25, 0.3) is 11.6 Å². The minimum absolute atomic E-state index is 0.0251. The van der Waals surface area contributed by atoms with Crippen molar-refractivity contribution in [1.82, 2.24) is 20.4 Å². The smallest absolute Gasteiger partial charge is 0.238 e. The number of anilines is 1. The summed E-state index contributed by atoms with van der Waals surface area (Å²) in [4.78, 5) is 20.1. The third-order valence-electron chi connectivity index (χ3n) is 3.67. The predicted molar refractivity (Wildman–Crippen MR) is 95.3 cm³/mol. The number of hydrogen-bond donors (Lipinski definition) is 2. The zero-order valence-electron chi connectivity index (χ0n) is 14.4. The first kappa shape index (κ1) is 17.7. The average molecular weight is 355 g/mol. The Morgan fingerprint density at radius 2 is 2.12 bits per heavy atom. The second-order valence-electron chi connectivity index (χ2n) is 5.71. The molecule has 1 amide bonds. The highest BCUT2D eigenvalue weighted by Gasteiger charge is 2.11. The van der Waals surface area contributed by atoms with Crippen molar-refractivity contribution in [2.75, 3.05) is 18.4 Å². The van der Waals surface area contributed by atoms with E-state index in [4.69, 9.17) is 8.94 Å². The lowest BCUT2D eigenvalue weighted by Crippen LogP contribution is -2.25. The van der Waals surface area contributed by atoms with E-state index in [0.29, 0.717) is 43.3 Å². The Balaban J connectivity index is 1.26. The van der Waals surface area contributed by atoms with Gasteiger partial charge >= 0.3 is 0 Å². The van der Waals surface area contributed by atoms with Crippen LogP contribution in [-0.2, 0) is 11.2 Å². The number of furan rings is 1. The number of aryl methyl sites for hydroxylation is 1. The average Bonchev–Trinajstić information content (AvgIpc) is 3.34. The summed E-state index contributed by atoms with van der Waals surface area (Å²) in [6.45, 7) is 1.42. The molecule has 0 saturated heterocycles. The Hall–Kier alpha value is -3.16. The van der Waals surface area contributed by atoms with Gasteiger partial charge in [0.25, 0.3) is 0 Å². The van der Waals surface area contributed by atoms with Gasteiger partial charge in [-0.2, -0.15) is 4.98 Å². The van der Waals surface area contributed by atoms with Gasteiger partial charge in [0, 0.05) is 38.3 Å². The van der Waals surface area contributed by atoms with E-state index >= 15 is 0 Å². The molecule has 0 radical (unpaired) electrons. The van der Waals surface area contributed by atoms with Gasteiger partial charge in [0.1, 0.15) is 0 Å². The quantitative estimate of drug-likeness (QED) is 0.538. The molecule has 2 N–H and O–H groups in total. The van der Waals surface area contributed by atoms with Crippen molar-refractivity contribution >= 4 is 11.6 Å². The zero-order chi connectivity index (χ0) is 18.0. The first-order valence-electron chi connectivity index (χ1n) is 8.58. The Bertz CT molecular complexity index is 786. The maximum absolute atomic E-state index is 11.8. The fourth-order valence-electron chi connectivity index (χ4n) is 2.37. The number of nitrogens with zero attached hydrogens (tertiary/aromatic N) is 3. The van der Waals surface area contributed by atoms with E-state index in [-0.39, 0.29) is 5.91 Å². The molecule has 8 heteroatoms. The Kier molecular flexibility index (Phi) is 6.35. The van der Waals surface area contributed by atoms with E-state index in [1.807, 2.05) is 12.1 Å². The number of rotatable bonds is 10. The van der Waals surface area contributed by atoms with Crippen molar-refractivity contribution in [3.8, 4) is 11.6 Å². The number of aromatic nitrogens is 3. The molecule has 0 fully saturated rings. The molecule has 3 heterocycles. The monoisotopic (exact) mass is 355 g/mol. The van der Waals surface area contributed by atoms with Crippen LogP contribution in [0.15, 0.2) is 51.9 Å². The summed E-state index contributed by atoms with van der Waals surface area (Å²) in [7, 11) is 0.